The van der Waals surface area contributed by atoms with Gasteiger partial charge in [0.15, 0.2) is 0 Å². The summed E-state index contributed by atoms with van der Waals surface area (Å²) in [6.45, 7) is 2.09. The monoisotopic (exact) mass is 336 g/mol. The fourth-order valence-corrected chi connectivity index (χ4v) is 2.20. The lowest BCUT2D eigenvalue weighted by atomic mass is 10.1. The van der Waals surface area contributed by atoms with Crippen LogP contribution in [0.3, 0.4) is 0 Å². The van der Waals surface area contributed by atoms with Crippen LogP contribution in [0.5, 0.6) is 0 Å². The van der Waals surface area contributed by atoms with Crippen LogP contribution < -0.4 is 0 Å². The van der Waals surface area contributed by atoms with E-state index in [2.05, 4.69) is 4.18 Å². The maximum atomic E-state index is 11.8. The second-order valence-corrected chi connectivity index (χ2v) is 6.43. The zero-order valence-electron chi connectivity index (χ0n) is 11.3. The average molecular weight is 336 g/mol. The molecule has 2 fully saturated rings. The van der Waals surface area contributed by atoms with E-state index >= 15 is 0 Å². The van der Waals surface area contributed by atoms with Crippen LogP contribution in [-0.4, -0.2) is 58.7 Å². The summed E-state index contributed by atoms with van der Waals surface area (Å²) in [5, 5.41) is 8.49. The predicted molar refractivity (Wildman–Crippen MR) is 65.9 cm³/mol. The van der Waals surface area contributed by atoms with Gasteiger partial charge in [-0.25, -0.2) is 0 Å². The predicted octanol–water partition coefficient (Wildman–Crippen LogP) is 0.904. The number of hydrogen-bond donors (Lipinski definition) is 1. The van der Waals surface area contributed by atoms with Crippen molar-refractivity contribution >= 4 is 10.1 Å². The number of halogens is 3. The summed E-state index contributed by atoms with van der Waals surface area (Å²) in [5.41, 5.74) is -5.34. The molecule has 126 valence electrons. The number of alkyl halides is 3. The van der Waals surface area contributed by atoms with E-state index in [9.17, 15) is 21.6 Å². The van der Waals surface area contributed by atoms with Crippen molar-refractivity contribution in [3.05, 3.63) is 0 Å². The first-order chi connectivity index (χ1) is 9.76. The van der Waals surface area contributed by atoms with Crippen LogP contribution in [0.15, 0.2) is 0 Å². The molecule has 6 nitrogen and oxygen atoms in total. The second-order valence-electron chi connectivity index (χ2n) is 4.83. The van der Waals surface area contributed by atoms with E-state index in [4.69, 9.17) is 14.6 Å². The summed E-state index contributed by atoms with van der Waals surface area (Å²) in [5.74, 6) is 0.159. The molecule has 1 N–H and O–H groups in total. The maximum absolute atomic E-state index is 11.8. The van der Waals surface area contributed by atoms with E-state index in [0.717, 1.165) is 19.6 Å². The number of aliphatic hydroxyl groups excluding tert-OH is 1. The highest BCUT2D eigenvalue weighted by Gasteiger charge is 2.47. The Labute approximate surface area is 121 Å². The van der Waals surface area contributed by atoms with Crippen LogP contribution in [0.25, 0.3) is 0 Å². The van der Waals surface area contributed by atoms with Gasteiger partial charge in [0.05, 0.1) is 19.8 Å². The van der Waals surface area contributed by atoms with Gasteiger partial charge in [-0.2, -0.15) is 21.6 Å². The highest BCUT2D eigenvalue weighted by molar-refractivity contribution is 7.87. The Morgan fingerprint density at radius 2 is 1.62 bits per heavy atom. The standard InChI is InChI=1S/C6H9F3O4S.C5H10O2/c7-6(8,9)14(10,11)13-4-5-1-2-12-3-5;6-3-5-1-2-7-4-5/h5H,1-4H2;5-6H,1-4H2. The van der Waals surface area contributed by atoms with Gasteiger partial charge in [0.1, 0.15) is 0 Å². The highest BCUT2D eigenvalue weighted by atomic mass is 32.2. The number of hydrogen-bond acceptors (Lipinski definition) is 6. The van der Waals surface area contributed by atoms with Crippen LogP contribution in [0.1, 0.15) is 12.8 Å². The second kappa shape index (κ2) is 8.28. The molecule has 0 bridgehead atoms. The first-order valence-corrected chi connectivity index (χ1v) is 7.89. The summed E-state index contributed by atoms with van der Waals surface area (Å²) < 4.78 is 69.8. The molecule has 2 atom stereocenters. The first-order valence-electron chi connectivity index (χ1n) is 6.48. The molecule has 0 aliphatic carbocycles. The molecule has 2 heterocycles. The summed E-state index contributed by atoms with van der Waals surface area (Å²) in [6.07, 6.45) is 1.56. The van der Waals surface area contributed by atoms with Crippen molar-refractivity contribution in [1.82, 2.24) is 0 Å². The van der Waals surface area contributed by atoms with Gasteiger partial charge in [0.25, 0.3) is 0 Å². The Kier molecular flexibility index (Phi) is 7.34. The normalized spacial score (nSPS) is 26.5. The van der Waals surface area contributed by atoms with Crippen molar-refractivity contribution in [3.63, 3.8) is 0 Å². The third-order valence-corrected chi connectivity index (χ3v) is 4.06. The summed E-state index contributed by atoms with van der Waals surface area (Å²) in [4.78, 5) is 0. The molecule has 0 aromatic rings. The van der Waals surface area contributed by atoms with Crippen molar-refractivity contribution in [2.75, 3.05) is 39.6 Å². The molecular formula is C11H19F3O6S. The summed E-state index contributed by atoms with van der Waals surface area (Å²) >= 11 is 0. The molecule has 0 saturated carbocycles. The van der Waals surface area contributed by atoms with Crippen molar-refractivity contribution in [2.45, 2.75) is 18.3 Å². The van der Waals surface area contributed by atoms with E-state index in [-0.39, 0.29) is 12.5 Å². The fraction of sp³-hybridized carbons (Fsp3) is 1.00. The Morgan fingerprint density at radius 1 is 1.10 bits per heavy atom. The van der Waals surface area contributed by atoms with Gasteiger partial charge in [-0.05, 0) is 12.8 Å². The summed E-state index contributed by atoms with van der Waals surface area (Å²) in [7, 11) is -5.44. The Bertz CT molecular complexity index is 385. The van der Waals surface area contributed by atoms with Gasteiger partial charge >= 0.3 is 15.6 Å². The van der Waals surface area contributed by atoms with E-state index in [1.54, 1.807) is 0 Å². The minimum atomic E-state index is -5.44. The lowest BCUT2D eigenvalue weighted by Crippen LogP contribution is -2.27. The lowest BCUT2D eigenvalue weighted by Gasteiger charge is -2.10. The lowest BCUT2D eigenvalue weighted by molar-refractivity contribution is -0.0550. The third kappa shape index (κ3) is 6.47. The average Bonchev–Trinajstić information content (AvgIpc) is 3.09. The van der Waals surface area contributed by atoms with Crippen LogP contribution in [0.2, 0.25) is 0 Å². The largest absolute Gasteiger partial charge is 0.523 e. The Balaban J connectivity index is 0.000000262. The van der Waals surface area contributed by atoms with Gasteiger partial charge in [0.2, 0.25) is 0 Å². The zero-order valence-corrected chi connectivity index (χ0v) is 12.2. The van der Waals surface area contributed by atoms with Crippen molar-refractivity contribution in [3.8, 4) is 0 Å². The van der Waals surface area contributed by atoms with Crippen molar-refractivity contribution in [2.24, 2.45) is 11.8 Å². The third-order valence-electron chi connectivity index (χ3n) is 3.05. The number of aliphatic hydroxyl groups is 1. The van der Waals surface area contributed by atoms with Crippen molar-refractivity contribution in [1.29, 1.82) is 0 Å². The number of rotatable bonds is 4. The minimum absolute atomic E-state index is 0.243. The minimum Gasteiger partial charge on any atom is -0.396 e. The van der Waals surface area contributed by atoms with E-state index in [1.807, 2.05) is 0 Å². The fourth-order valence-electron chi connectivity index (χ4n) is 1.69. The zero-order chi connectivity index (χ0) is 15.9. The molecule has 0 radical (unpaired) electrons. The molecule has 2 rings (SSSR count). The van der Waals surface area contributed by atoms with Gasteiger partial charge in [0, 0.05) is 31.7 Å². The Morgan fingerprint density at radius 3 is 1.95 bits per heavy atom. The van der Waals surface area contributed by atoms with Crippen LogP contribution in [-0.2, 0) is 23.8 Å². The first kappa shape index (κ1) is 18.6. The molecule has 2 unspecified atom stereocenters. The van der Waals surface area contributed by atoms with Crippen LogP contribution >= 0.6 is 0 Å². The van der Waals surface area contributed by atoms with Crippen molar-refractivity contribution < 1.29 is 40.4 Å². The molecule has 21 heavy (non-hydrogen) atoms. The SMILES string of the molecule is O=S(=O)(OCC1CCOC1)C(F)(F)F.OCC1CCOC1. The van der Waals surface area contributed by atoms with E-state index < -0.39 is 22.2 Å². The van der Waals surface area contributed by atoms with Gasteiger partial charge in [-0.3, -0.25) is 4.18 Å². The topological polar surface area (TPSA) is 82.1 Å². The molecule has 10 heteroatoms. The quantitative estimate of drug-likeness (QED) is 0.607. The van der Waals surface area contributed by atoms with Crippen LogP contribution in [0.4, 0.5) is 13.2 Å². The Hall–Kier alpha value is -0.420. The van der Waals surface area contributed by atoms with Gasteiger partial charge < -0.3 is 14.6 Å². The molecule has 0 aromatic heterocycles. The maximum Gasteiger partial charge on any atom is 0.523 e. The highest BCUT2D eigenvalue weighted by Crippen LogP contribution is 2.25. The molecule has 0 amide bonds. The molecule has 2 saturated heterocycles. The van der Waals surface area contributed by atoms with Gasteiger partial charge in [-0.1, -0.05) is 0 Å². The van der Waals surface area contributed by atoms with E-state index in [0.29, 0.717) is 25.6 Å². The molecular weight excluding hydrogens is 317 g/mol. The van der Waals surface area contributed by atoms with Crippen LogP contribution in [0, 0.1) is 11.8 Å². The smallest absolute Gasteiger partial charge is 0.396 e. The summed E-state index contributed by atoms with van der Waals surface area (Å²) in [6, 6.07) is 0. The van der Waals surface area contributed by atoms with E-state index in [1.165, 1.54) is 0 Å². The molecule has 0 aromatic carbocycles. The number of ether oxygens (including phenoxy) is 2. The molecule has 2 aliphatic heterocycles. The van der Waals surface area contributed by atoms with Gasteiger partial charge in [-0.15, -0.1) is 0 Å². The molecule has 0 spiro atoms. The molecule has 2 aliphatic rings.